The van der Waals surface area contributed by atoms with E-state index in [0.717, 1.165) is 19.4 Å². The molecule has 1 saturated heterocycles. The van der Waals surface area contributed by atoms with Crippen LogP contribution in [0.3, 0.4) is 0 Å². The normalized spacial score (nSPS) is 20.2. The Morgan fingerprint density at radius 3 is 2.78 bits per heavy atom. The van der Waals surface area contributed by atoms with E-state index in [0.29, 0.717) is 12.6 Å². The van der Waals surface area contributed by atoms with Gasteiger partial charge in [-0.2, -0.15) is 0 Å². The lowest BCUT2D eigenvalue weighted by Crippen LogP contribution is -2.49. The summed E-state index contributed by atoms with van der Waals surface area (Å²) in [5.41, 5.74) is 2.13. The van der Waals surface area contributed by atoms with Gasteiger partial charge in [0.15, 0.2) is 0 Å². The van der Waals surface area contributed by atoms with Crippen molar-refractivity contribution in [1.29, 1.82) is 0 Å². The van der Waals surface area contributed by atoms with E-state index in [1.807, 2.05) is 25.7 Å². The maximum atomic E-state index is 12.2. The van der Waals surface area contributed by atoms with Crippen molar-refractivity contribution >= 4 is 6.09 Å². The summed E-state index contributed by atoms with van der Waals surface area (Å²) >= 11 is 0. The summed E-state index contributed by atoms with van der Waals surface area (Å²) in [6.07, 6.45) is 1.90. The number of aryl methyl sites for hydroxylation is 1. The summed E-state index contributed by atoms with van der Waals surface area (Å²) in [6.45, 7) is 11.5. The van der Waals surface area contributed by atoms with Crippen LogP contribution in [0.25, 0.3) is 0 Å². The SMILES string of the molecule is Cc1cccc([C@@H](C)NC2CCCN(C(=O)OC(C)(C)C)C2)c1. The number of piperidine rings is 1. The minimum atomic E-state index is -0.438. The molecule has 0 saturated carbocycles. The quantitative estimate of drug-likeness (QED) is 0.914. The predicted molar refractivity (Wildman–Crippen MR) is 93.6 cm³/mol. The Morgan fingerprint density at radius 1 is 1.39 bits per heavy atom. The van der Waals surface area contributed by atoms with Gasteiger partial charge in [0.2, 0.25) is 0 Å². The zero-order valence-corrected chi connectivity index (χ0v) is 15.1. The smallest absolute Gasteiger partial charge is 0.410 e. The zero-order chi connectivity index (χ0) is 17.0. The molecule has 2 atom stereocenters. The average molecular weight is 318 g/mol. The van der Waals surface area contributed by atoms with Crippen molar-refractivity contribution in [2.45, 2.75) is 65.1 Å². The number of ether oxygens (including phenoxy) is 1. The topological polar surface area (TPSA) is 41.6 Å². The standard InChI is InChI=1S/C19H30N2O2/c1-14-8-6-9-16(12-14)15(2)20-17-10-7-11-21(13-17)18(22)23-19(3,4)5/h6,8-9,12,15,17,20H,7,10-11,13H2,1-5H3/t15-,17?/m1/s1. The van der Waals surface area contributed by atoms with Crippen molar-refractivity contribution in [3.05, 3.63) is 35.4 Å². The molecule has 1 N–H and O–H groups in total. The number of amides is 1. The van der Waals surface area contributed by atoms with Crippen molar-refractivity contribution < 1.29 is 9.53 Å². The summed E-state index contributed by atoms with van der Waals surface area (Å²) < 4.78 is 5.49. The minimum absolute atomic E-state index is 0.202. The molecule has 1 aliphatic heterocycles. The third-order valence-electron chi connectivity index (χ3n) is 4.10. The van der Waals surface area contributed by atoms with E-state index in [1.165, 1.54) is 11.1 Å². The molecule has 0 aromatic heterocycles. The fraction of sp³-hybridized carbons (Fsp3) is 0.632. The van der Waals surface area contributed by atoms with Crippen LogP contribution in [0.4, 0.5) is 4.79 Å². The number of carbonyl (C=O) groups excluding carboxylic acids is 1. The molecule has 1 aliphatic rings. The fourth-order valence-electron chi connectivity index (χ4n) is 2.99. The van der Waals surface area contributed by atoms with E-state index in [-0.39, 0.29) is 12.1 Å². The van der Waals surface area contributed by atoms with Gasteiger partial charge in [-0.25, -0.2) is 4.79 Å². The van der Waals surface area contributed by atoms with Crippen LogP contribution in [-0.2, 0) is 4.74 Å². The molecule has 1 heterocycles. The fourth-order valence-corrected chi connectivity index (χ4v) is 2.99. The van der Waals surface area contributed by atoms with Gasteiger partial charge in [-0.05, 0) is 53.0 Å². The number of hydrogen-bond donors (Lipinski definition) is 1. The first-order chi connectivity index (χ1) is 10.7. The molecule has 23 heavy (non-hydrogen) atoms. The van der Waals surface area contributed by atoms with Crippen LogP contribution in [0, 0.1) is 6.92 Å². The van der Waals surface area contributed by atoms with Gasteiger partial charge in [-0.15, -0.1) is 0 Å². The second-order valence-corrected chi connectivity index (χ2v) is 7.57. The molecule has 0 spiro atoms. The molecule has 0 radical (unpaired) electrons. The first-order valence-corrected chi connectivity index (χ1v) is 8.55. The number of nitrogens with one attached hydrogen (secondary N) is 1. The molecule has 4 nitrogen and oxygen atoms in total. The van der Waals surface area contributed by atoms with E-state index < -0.39 is 5.60 Å². The van der Waals surface area contributed by atoms with Crippen molar-refractivity contribution in [2.75, 3.05) is 13.1 Å². The van der Waals surface area contributed by atoms with Gasteiger partial charge >= 0.3 is 6.09 Å². The number of benzene rings is 1. The largest absolute Gasteiger partial charge is 0.444 e. The highest BCUT2D eigenvalue weighted by Crippen LogP contribution is 2.19. The monoisotopic (exact) mass is 318 g/mol. The molecule has 2 rings (SSSR count). The predicted octanol–water partition coefficient (Wildman–Crippen LogP) is 4.05. The van der Waals surface area contributed by atoms with Crippen molar-refractivity contribution in [3.8, 4) is 0 Å². The lowest BCUT2D eigenvalue weighted by molar-refractivity contribution is 0.0184. The Morgan fingerprint density at radius 2 is 2.13 bits per heavy atom. The van der Waals surface area contributed by atoms with Crippen LogP contribution in [0.2, 0.25) is 0 Å². The summed E-state index contributed by atoms with van der Waals surface area (Å²) in [7, 11) is 0. The molecule has 1 fully saturated rings. The Labute approximate surface area is 140 Å². The molecular formula is C19H30N2O2. The lowest BCUT2D eigenvalue weighted by Gasteiger charge is -2.35. The van der Waals surface area contributed by atoms with E-state index in [1.54, 1.807) is 0 Å². The molecule has 4 heteroatoms. The molecule has 1 aromatic rings. The summed E-state index contributed by atoms with van der Waals surface area (Å²) in [5, 5.41) is 3.66. The molecule has 0 aliphatic carbocycles. The van der Waals surface area contributed by atoms with Gasteiger partial charge in [0.05, 0.1) is 0 Å². The highest BCUT2D eigenvalue weighted by atomic mass is 16.6. The van der Waals surface area contributed by atoms with E-state index in [9.17, 15) is 4.79 Å². The first kappa shape index (κ1) is 17.8. The molecule has 1 amide bonds. The van der Waals surface area contributed by atoms with Gasteiger partial charge in [0, 0.05) is 25.2 Å². The average Bonchev–Trinajstić information content (AvgIpc) is 2.45. The van der Waals surface area contributed by atoms with Gasteiger partial charge in [0.1, 0.15) is 5.60 Å². The van der Waals surface area contributed by atoms with Crippen LogP contribution in [0.15, 0.2) is 24.3 Å². The van der Waals surface area contributed by atoms with Gasteiger partial charge < -0.3 is 15.0 Å². The summed E-state index contributed by atoms with van der Waals surface area (Å²) in [6, 6.07) is 9.16. The van der Waals surface area contributed by atoms with Crippen LogP contribution in [-0.4, -0.2) is 35.7 Å². The number of likely N-dealkylation sites (tertiary alicyclic amines) is 1. The highest BCUT2D eigenvalue weighted by molar-refractivity contribution is 5.68. The van der Waals surface area contributed by atoms with E-state index >= 15 is 0 Å². The Bertz CT molecular complexity index is 536. The third kappa shape index (κ3) is 5.54. The van der Waals surface area contributed by atoms with Gasteiger partial charge in [-0.3, -0.25) is 0 Å². The number of rotatable bonds is 3. The van der Waals surface area contributed by atoms with Crippen LogP contribution in [0.1, 0.15) is 57.7 Å². The van der Waals surface area contributed by atoms with Crippen LogP contribution in [0.5, 0.6) is 0 Å². The van der Waals surface area contributed by atoms with E-state index in [2.05, 4.69) is 43.4 Å². The molecule has 0 bridgehead atoms. The molecular weight excluding hydrogens is 288 g/mol. The van der Waals surface area contributed by atoms with Crippen LogP contribution < -0.4 is 5.32 Å². The number of nitrogens with zero attached hydrogens (tertiary/aromatic N) is 1. The molecule has 128 valence electrons. The maximum absolute atomic E-state index is 12.2. The van der Waals surface area contributed by atoms with Gasteiger partial charge in [-0.1, -0.05) is 29.8 Å². The van der Waals surface area contributed by atoms with Crippen molar-refractivity contribution in [3.63, 3.8) is 0 Å². The highest BCUT2D eigenvalue weighted by Gasteiger charge is 2.28. The first-order valence-electron chi connectivity index (χ1n) is 8.55. The second-order valence-electron chi connectivity index (χ2n) is 7.57. The lowest BCUT2D eigenvalue weighted by atomic mass is 10.0. The van der Waals surface area contributed by atoms with Gasteiger partial charge in [0.25, 0.3) is 0 Å². The summed E-state index contributed by atoms with van der Waals surface area (Å²) in [4.78, 5) is 14.1. The molecule has 1 aromatic carbocycles. The summed E-state index contributed by atoms with van der Waals surface area (Å²) in [5.74, 6) is 0. The number of carbonyl (C=O) groups is 1. The van der Waals surface area contributed by atoms with Crippen molar-refractivity contribution in [2.24, 2.45) is 0 Å². The van der Waals surface area contributed by atoms with Crippen molar-refractivity contribution in [1.82, 2.24) is 10.2 Å². The zero-order valence-electron chi connectivity index (χ0n) is 15.1. The Hall–Kier alpha value is -1.55. The van der Waals surface area contributed by atoms with Crippen LogP contribution >= 0.6 is 0 Å². The minimum Gasteiger partial charge on any atom is -0.444 e. The Kier molecular flexibility index (Phi) is 5.69. The maximum Gasteiger partial charge on any atom is 0.410 e. The second kappa shape index (κ2) is 7.35. The Balaban J connectivity index is 1.92. The number of hydrogen-bond acceptors (Lipinski definition) is 3. The van der Waals surface area contributed by atoms with E-state index in [4.69, 9.17) is 4.74 Å². The molecule has 1 unspecified atom stereocenters. The third-order valence-corrected chi connectivity index (χ3v) is 4.10.